The van der Waals surface area contributed by atoms with Crippen molar-refractivity contribution >= 4 is 23.6 Å². The second kappa shape index (κ2) is 34.4. The number of aromatic hydroxyl groups is 1. The number of hydrogen-bond acceptors (Lipinski definition) is 10. The molecule has 0 spiro atoms. The van der Waals surface area contributed by atoms with Gasteiger partial charge in [-0.25, -0.2) is 18.7 Å². The smallest absolute Gasteiger partial charge is 0.226 e. The molecule has 4 atom stereocenters. The summed E-state index contributed by atoms with van der Waals surface area (Å²) in [6.07, 6.45) is 28.1. The Morgan fingerprint density at radius 1 is 0.505 bits per heavy atom. The highest BCUT2D eigenvalue weighted by Crippen LogP contribution is 2.49. The molecule has 16 nitrogen and oxygen atoms in total. The van der Waals surface area contributed by atoms with E-state index in [1.807, 2.05) is 93.6 Å². The monoisotopic (exact) mass is 1300 g/mol. The van der Waals surface area contributed by atoms with Crippen molar-refractivity contribution < 1.29 is 37.8 Å². The van der Waals surface area contributed by atoms with E-state index >= 15 is 0 Å². The third-order valence-electron chi connectivity index (χ3n) is 21.1. The Kier molecular flexibility index (Phi) is 25.2. The maximum absolute atomic E-state index is 14.4. The number of amides is 4. The number of piperidine rings is 2. The Labute approximate surface area is 560 Å². The number of carbonyl (C=O) groups excluding carboxylic acids is 4. The van der Waals surface area contributed by atoms with Crippen molar-refractivity contribution in [1.29, 1.82) is 0 Å². The van der Waals surface area contributed by atoms with Gasteiger partial charge in [-0.3, -0.25) is 28.5 Å². The summed E-state index contributed by atoms with van der Waals surface area (Å²) in [5.41, 5.74) is 5.29. The molecule has 11 rings (SSSR count). The van der Waals surface area contributed by atoms with Gasteiger partial charge in [0.1, 0.15) is 55.0 Å². The summed E-state index contributed by atoms with van der Waals surface area (Å²) < 4.78 is 37.5. The van der Waals surface area contributed by atoms with Crippen LogP contribution in [0.1, 0.15) is 157 Å². The SMILES string of the molecule is CC(=O)N[C@@H](CC[C@H](Cc1ccc(F)cc1)C(=O)N1CCC(Cn2cncn2)(C2CCCCC2)CC1)Cc1ccc(O)cc1.CC(=O)N[C@@H](CC[C@H](Cc1ccc(F)cc1)C(=O)N1CCC(Cn2cncn2)(C2CCCCC2)CC1)Cc1ccc(OCc2ccccc2)cc1. The van der Waals surface area contributed by atoms with Crippen LogP contribution in [0, 0.1) is 46.1 Å². The molecule has 4 aliphatic rings. The van der Waals surface area contributed by atoms with Gasteiger partial charge in [-0.15, -0.1) is 0 Å². The minimum atomic E-state index is -0.293. The summed E-state index contributed by atoms with van der Waals surface area (Å²) in [4.78, 5) is 65.5. The van der Waals surface area contributed by atoms with E-state index in [2.05, 4.69) is 35.7 Å². The number of benzene rings is 5. The average Bonchev–Trinajstić information content (AvgIpc) is 1.66. The highest BCUT2D eigenvalue weighted by atomic mass is 19.1. The Morgan fingerprint density at radius 2 is 0.895 bits per heavy atom. The minimum Gasteiger partial charge on any atom is -0.508 e. The fraction of sp³-hybridized carbons (Fsp3) is 0.506. The third kappa shape index (κ3) is 20.6. The number of carbonyl (C=O) groups is 4. The van der Waals surface area contributed by atoms with Crippen molar-refractivity contribution in [3.8, 4) is 11.5 Å². The number of nitrogens with one attached hydrogen (secondary N) is 2. The van der Waals surface area contributed by atoms with Gasteiger partial charge >= 0.3 is 0 Å². The molecule has 4 amide bonds. The summed E-state index contributed by atoms with van der Waals surface area (Å²) >= 11 is 0. The normalized spacial score (nSPS) is 17.9. The molecule has 18 heteroatoms. The van der Waals surface area contributed by atoms with E-state index in [1.165, 1.54) is 95.4 Å². The molecule has 0 bridgehead atoms. The van der Waals surface area contributed by atoms with Gasteiger partial charge in [0.2, 0.25) is 23.6 Å². The van der Waals surface area contributed by atoms with Crippen molar-refractivity contribution in [2.45, 2.75) is 187 Å². The molecule has 2 aliphatic heterocycles. The fourth-order valence-corrected chi connectivity index (χ4v) is 15.9. The number of rotatable bonds is 27. The molecule has 2 saturated heterocycles. The van der Waals surface area contributed by atoms with Gasteiger partial charge in [0.15, 0.2) is 0 Å². The lowest BCUT2D eigenvalue weighted by Crippen LogP contribution is -2.50. The van der Waals surface area contributed by atoms with Crippen molar-refractivity contribution in [3.05, 3.63) is 192 Å². The zero-order valence-corrected chi connectivity index (χ0v) is 55.7. The first-order valence-electron chi connectivity index (χ1n) is 34.9. The molecule has 4 fully saturated rings. The molecule has 0 radical (unpaired) electrons. The molecule has 7 aromatic rings. The summed E-state index contributed by atoms with van der Waals surface area (Å²) in [5.74, 6) is 1.19. The van der Waals surface area contributed by atoms with E-state index < -0.39 is 0 Å². The molecule has 2 aliphatic carbocycles. The van der Waals surface area contributed by atoms with Crippen LogP contribution >= 0.6 is 0 Å². The zero-order valence-electron chi connectivity index (χ0n) is 55.7. The van der Waals surface area contributed by atoms with E-state index in [9.17, 15) is 33.1 Å². The molecule has 2 aromatic heterocycles. The van der Waals surface area contributed by atoms with Crippen LogP contribution in [0.5, 0.6) is 11.5 Å². The van der Waals surface area contributed by atoms with Crippen LogP contribution in [0.2, 0.25) is 0 Å². The molecule has 506 valence electrons. The first kappa shape index (κ1) is 69.5. The fourth-order valence-electron chi connectivity index (χ4n) is 15.9. The van der Waals surface area contributed by atoms with Crippen molar-refractivity contribution in [3.63, 3.8) is 0 Å². The minimum absolute atomic E-state index is 0.0910. The van der Waals surface area contributed by atoms with Crippen LogP contribution in [-0.2, 0) is 64.6 Å². The number of ether oxygens (including phenoxy) is 1. The quantitative estimate of drug-likeness (QED) is 0.0447. The molecule has 4 heterocycles. The largest absolute Gasteiger partial charge is 0.508 e. The standard InChI is InChI=1S/C42H52FN5O3.C35H46FN5O3/c1-32(49)46-39(27-34-14-20-40(21-15-34)51-28-35-8-4-2-5-9-35)19-16-36(26-33-12-17-38(43)18-13-33)41(50)47-24-22-42(23-25-47,29-48-31-44-30-45-48)37-10-6-3-7-11-37;1-26(42)39-32(22-28-9-15-33(43)16-10-28)14-11-29(21-27-7-12-31(36)13-8-27)34(44)40-19-17-35(18-20-40,23-41-25-37-24-38-41)30-5-3-2-4-6-30/h2,4-5,8-9,12-15,17-18,20-21,30-31,36-37,39H,3,6-7,10-11,16,19,22-29H2,1H3,(H,46,49);7-10,12-13,15-16,24-25,29-30,32,43H,2-6,11,14,17-23H2,1H3,(H,39,42)/t36-,39+;29-,32+/m11/s1. The number of aromatic nitrogens is 6. The van der Waals surface area contributed by atoms with E-state index in [4.69, 9.17) is 4.74 Å². The van der Waals surface area contributed by atoms with Gasteiger partial charge in [0, 0.05) is 77.0 Å². The number of phenols is 1. The van der Waals surface area contributed by atoms with Crippen LogP contribution in [-0.4, -0.2) is 106 Å². The first-order chi connectivity index (χ1) is 46.1. The van der Waals surface area contributed by atoms with Gasteiger partial charge in [-0.2, -0.15) is 10.2 Å². The van der Waals surface area contributed by atoms with Gasteiger partial charge in [0.05, 0.1) is 0 Å². The Bertz CT molecular complexity index is 3440. The van der Waals surface area contributed by atoms with E-state index in [0.29, 0.717) is 82.9 Å². The lowest BCUT2D eigenvalue weighted by molar-refractivity contribution is -0.140. The van der Waals surface area contributed by atoms with Crippen LogP contribution in [0.25, 0.3) is 0 Å². The van der Waals surface area contributed by atoms with Crippen molar-refractivity contribution in [1.82, 2.24) is 50.0 Å². The summed E-state index contributed by atoms with van der Waals surface area (Å²) in [7, 11) is 0. The number of halogens is 2. The van der Waals surface area contributed by atoms with E-state index in [-0.39, 0.29) is 75.8 Å². The lowest BCUT2D eigenvalue weighted by atomic mass is 9.63. The molecular formula is C77H98F2N10O6. The van der Waals surface area contributed by atoms with Crippen LogP contribution < -0.4 is 15.4 Å². The maximum atomic E-state index is 14.4. The first-order valence-corrected chi connectivity index (χ1v) is 34.9. The molecule has 2 saturated carbocycles. The van der Waals surface area contributed by atoms with Crippen molar-refractivity contribution in [2.75, 3.05) is 26.2 Å². The molecule has 0 unspecified atom stereocenters. The summed E-state index contributed by atoms with van der Waals surface area (Å²) in [5, 5.41) is 24.8. The van der Waals surface area contributed by atoms with Gasteiger partial charge in [-0.1, -0.05) is 117 Å². The van der Waals surface area contributed by atoms with Crippen LogP contribution in [0.3, 0.4) is 0 Å². The highest BCUT2D eigenvalue weighted by molar-refractivity contribution is 5.80. The number of likely N-dealkylation sites (tertiary alicyclic amines) is 2. The highest BCUT2D eigenvalue weighted by Gasteiger charge is 2.45. The Morgan fingerprint density at radius 3 is 1.28 bits per heavy atom. The zero-order chi connectivity index (χ0) is 66.4. The second-order valence-electron chi connectivity index (χ2n) is 27.7. The lowest BCUT2D eigenvalue weighted by Gasteiger charge is -2.48. The van der Waals surface area contributed by atoms with Crippen LogP contribution in [0.4, 0.5) is 8.78 Å². The van der Waals surface area contributed by atoms with Gasteiger partial charge in [0.25, 0.3) is 0 Å². The summed E-state index contributed by atoms with van der Waals surface area (Å²) in [6.45, 7) is 8.11. The van der Waals surface area contributed by atoms with Gasteiger partial charge in [-0.05, 0) is 202 Å². The predicted molar refractivity (Wildman–Crippen MR) is 363 cm³/mol. The number of nitrogens with zero attached hydrogens (tertiary/aromatic N) is 8. The molecular weight excluding hydrogens is 1200 g/mol. The molecule has 95 heavy (non-hydrogen) atoms. The third-order valence-corrected chi connectivity index (χ3v) is 21.1. The molecule has 3 N–H and O–H groups in total. The van der Waals surface area contributed by atoms with Crippen LogP contribution in [0.15, 0.2) is 153 Å². The van der Waals surface area contributed by atoms with Gasteiger partial charge < -0.3 is 30.3 Å². The second-order valence-corrected chi connectivity index (χ2v) is 27.7. The predicted octanol–water partition coefficient (Wildman–Crippen LogP) is 13.3. The Balaban J connectivity index is 0.000000209. The summed E-state index contributed by atoms with van der Waals surface area (Å²) in [6, 6.07) is 37.7. The number of hydrogen-bond donors (Lipinski definition) is 3. The van der Waals surface area contributed by atoms with E-state index in [0.717, 1.165) is 85.4 Å². The molecule has 5 aromatic carbocycles. The average molecular weight is 1300 g/mol. The number of phenolic OH excluding ortho intramolecular Hbond substituents is 1. The topological polar surface area (TPSA) is 190 Å². The van der Waals surface area contributed by atoms with Crippen molar-refractivity contribution in [2.24, 2.45) is 34.5 Å². The van der Waals surface area contributed by atoms with E-state index in [1.54, 1.807) is 56.0 Å². The maximum Gasteiger partial charge on any atom is 0.226 e. The Hall–Kier alpha value is -8.28.